The van der Waals surface area contributed by atoms with E-state index in [0.29, 0.717) is 91.8 Å². The van der Waals surface area contributed by atoms with Crippen molar-refractivity contribution in [1.29, 1.82) is 0 Å². The molecule has 0 atom stereocenters. The number of nitrogens with zero attached hydrogens (tertiary/aromatic N) is 12. The van der Waals surface area contributed by atoms with Gasteiger partial charge in [0.1, 0.15) is 73.7 Å². The fraction of sp³-hybridized carbons (Fsp3) is 0.240. The Morgan fingerprint density at radius 3 is 0.632 bits per heavy atom. The number of aromatic amines is 4. The fourth-order valence-corrected chi connectivity index (χ4v) is 21.2. The molecule has 16 bridgehead atoms. The van der Waals surface area contributed by atoms with Crippen molar-refractivity contribution in [2.24, 2.45) is 0 Å². The average Bonchev–Trinajstić information content (AvgIpc) is 0.905. The molecule has 0 saturated heterocycles. The van der Waals surface area contributed by atoms with Crippen LogP contribution in [0.5, 0.6) is 0 Å². The van der Waals surface area contributed by atoms with E-state index >= 15 is 0 Å². The predicted octanol–water partition coefficient (Wildman–Crippen LogP) is 22.5. The Labute approximate surface area is 680 Å². The molecule has 6 aromatic heterocycles. The molecule has 4 aliphatic rings. The first-order valence-corrected chi connectivity index (χ1v) is 42.3. The van der Waals surface area contributed by atoms with Gasteiger partial charge in [-0.15, -0.1) is 0 Å². The molecule has 16 nitrogen and oxygen atoms in total. The molecule has 4 N–H and O–H groups in total. The van der Waals surface area contributed by atoms with Crippen molar-refractivity contribution in [2.75, 3.05) is 0 Å². The van der Waals surface area contributed by atoms with Crippen LogP contribution in [-0.4, -0.2) is 79.7 Å². The highest BCUT2D eigenvalue weighted by atomic mass is 31.2. The van der Waals surface area contributed by atoms with Crippen LogP contribution in [0.3, 0.4) is 0 Å². The van der Waals surface area contributed by atoms with Gasteiger partial charge in [0.25, 0.3) is 0 Å². The lowest BCUT2D eigenvalue weighted by Crippen LogP contribution is -2.38. The van der Waals surface area contributed by atoms with E-state index < -0.39 is 7.26 Å². The Kier molecular flexibility index (Phi) is 16.1. The van der Waals surface area contributed by atoms with Gasteiger partial charge in [-0.2, -0.15) is 0 Å². The number of hydrogen-bond acceptors (Lipinski definition) is 12. The molecule has 0 spiro atoms. The lowest BCUT2D eigenvalue weighted by molar-refractivity contribution is 0.590. The molecular formula is C100H92N16P+. The van der Waals surface area contributed by atoms with E-state index in [9.17, 15) is 0 Å². The van der Waals surface area contributed by atoms with Gasteiger partial charge in [0.2, 0.25) is 0 Å². The van der Waals surface area contributed by atoms with Gasteiger partial charge >= 0.3 is 0 Å². The summed E-state index contributed by atoms with van der Waals surface area (Å²) in [5.74, 6) is 4.23. The number of fused-ring (bicyclic) bond motifs is 40. The maximum absolute atomic E-state index is 5.75. The molecule has 0 radical (unpaired) electrons. The van der Waals surface area contributed by atoms with Gasteiger partial charge in [-0.1, -0.05) is 234 Å². The predicted molar refractivity (Wildman–Crippen MR) is 483 cm³/mol. The zero-order valence-corrected chi connectivity index (χ0v) is 70.3. The largest absolute Gasteiger partial charge is 0.324 e. The summed E-state index contributed by atoms with van der Waals surface area (Å²) in [6.07, 6.45) is 0. The number of aromatic nitrogens is 16. The van der Waals surface area contributed by atoms with Crippen LogP contribution in [0.1, 0.15) is 158 Å². The fourth-order valence-electron chi connectivity index (χ4n) is 17.0. The van der Waals surface area contributed by atoms with E-state index in [1.807, 2.05) is 0 Å². The average molecular weight is 1550 g/mol. The zero-order chi connectivity index (χ0) is 81.1. The van der Waals surface area contributed by atoms with Gasteiger partial charge in [-0.3, -0.25) is 0 Å². The quantitative estimate of drug-likeness (QED) is 0.121. The number of nitrogens with one attached hydrogen (secondary N) is 4. The lowest BCUT2D eigenvalue weighted by atomic mass is 9.85. The Morgan fingerprint density at radius 2 is 0.385 bits per heavy atom. The molecule has 4 aliphatic heterocycles. The van der Waals surface area contributed by atoms with Crippen molar-refractivity contribution in [3.8, 4) is 91.1 Å². The summed E-state index contributed by atoms with van der Waals surface area (Å²) in [5.41, 5.74) is 17.8. The summed E-state index contributed by atoms with van der Waals surface area (Å²) >= 11 is 0. The molecule has 0 fully saturated rings. The Morgan fingerprint density at radius 1 is 0.179 bits per heavy atom. The first kappa shape index (κ1) is 73.3. The third-order valence-corrected chi connectivity index (χ3v) is 28.1. The van der Waals surface area contributed by atoms with Gasteiger partial charge < -0.3 is 19.9 Å². The van der Waals surface area contributed by atoms with Crippen molar-refractivity contribution in [3.63, 3.8) is 0 Å². The maximum Gasteiger partial charge on any atom is 0.164 e. The van der Waals surface area contributed by atoms with Crippen molar-refractivity contribution in [2.45, 2.75) is 157 Å². The SMILES string of the molecule is CC(C)(C)c1ccc2c(c1)-c1nc-2nc2[nH]c(nc3nc(nc4[nH]c(n1)c1ccc(C(C)(C)C)cc41)-c1ccc([P+](c4ccccc4)(c4ccccc4)c4ccc5c(c4)-c4nc-5nc5[nH]c(nc6nc(nc7[nH]c(n4)c4ccc(C(C)(C)C)cc74)-c4ccc(C(C)(C)C)cc4-6)c4ccc(C(C)(C)C)cc54)cc1-3)c1ccc(C(C)(C)C)cc21. The second-order valence-corrected chi connectivity index (χ2v) is 41.5. The molecule has 10 heterocycles. The van der Waals surface area contributed by atoms with Gasteiger partial charge in [0.15, 0.2) is 46.6 Å². The molecule has 0 saturated carbocycles. The van der Waals surface area contributed by atoms with E-state index in [2.05, 4.69) is 351 Å². The summed E-state index contributed by atoms with van der Waals surface area (Å²) in [6.45, 7) is 40.3. The zero-order valence-electron chi connectivity index (χ0n) is 69.4. The molecule has 576 valence electrons. The van der Waals surface area contributed by atoms with Crippen LogP contribution in [0.4, 0.5) is 0 Å². The number of hydrogen-bond donors (Lipinski definition) is 4. The van der Waals surface area contributed by atoms with Crippen molar-refractivity contribution in [1.82, 2.24) is 79.7 Å². The number of H-pyrrole nitrogens is 4. The van der Waals surface area contributed by atoms with Crippen LogP contribution in [-0.2, 0) is 32.5 Å². The second kappa shape index (κ2) is 25.7. The summed E-state index contributed by atoms with van der Waals surface area (Å²) < 4.78 is 0. The van der Waals surface area contributed by atoms with Gasteiger partial charge in [-0.25, -0.2) is 59.8 Å². The molecule has 17 heteroatoms. The maximum atomic E-state index is 5.75. The van der Waals surface area contributed by atoms with E-state index in [0.717, 1.165) is 131 Å². The van der Waals surface area contributed by atoms with Crippen molar-refractivity contribution < 1.29 is 0 Å². The van der Waals surface area contributed by atoms with Gasteiger partial charge in [0, 0.05) is 87.6 Å². The highest BCUT2D eigenvalue weighted by Crippen LogP contribution is 2.57. The van der Waals surface area contributed by atoms with Crippen molar-refractivity contribution in [3.05, 3.63) is 240 Å². The van der Waals surface area contributed by atoms with E-state index in [4.69, 9.17) is 59.8 Å². The molecule has 20 rings (SSSR count). The van der Waals surface area contributed by atoms with Crippen LogP contribution in [0, 0.1) is 0 Å². The Hall–Kier alpha value is -12.7. The van der Waals surface area contributed by atoms with Crippen molar-refractivity contribution >= 4 is 117 Å². The van der Waals surface area contributed by atoms with E-state index in [-0.39, 0.29) is 32.5 Å². The smallest absolute Gasteiger partial charge is 0.164 e. The van der Waals surface area contributed by atoms with E-state index in [1.165, 1.54) is 11.1 Å². The van der Waals surface area contributed by atoms with Crippen LogP contribution >= 0.6 is 7.26 Å². The molecule has 10 aromatic carbocycles. The Balaban J connectivity index is 0.864. The standard InChI is InChI=1S/C100H92N16P/c1-95(2,3)53-29-37-63-71(45-53)87-101-79(63)105-89-75-49-57(99(13,14)15)33-41-67(75)83(109-89)113-93-77-51-61(35-43-69(77)85(115-93)111-91-73-47-55(97(7,8)9)31-39-65(73)81(103-87)107-91)117(59-25-21-19-22-26-59,60-27-23-20-24-28-60)62-36-44-70-78(52-62)94-114-84-68-42-34-58(100(16,17)18)50-76(68)90(110-84)106-80-64-38-30-54(96(4,5)6)46-72(64)88(102-80)104-82-66-40-32-56(98(10,11)12)48-74(66)92(108-82)112-86(70)116-94/h19-52H,1-18H3,(H2,101,103,105,107,109,111,113,115)(H2,102,104,106,108,110,112,114,116)/q+1. The van der Waals surface area contributed by atoms with Crippen LogP contribution < -0.4 is 21.2 Å². The minimum Gasteiger partial charge on any atom is -0.324 e. The summed E-state index contributed by atoms with van der Waals surface area (Å²) in [6, 6.07) is 75.3. The molecule has 0 aliphatic carbocycles. The molecule has 0 unspecified atom stereocenters. The number of benzene rings is 10. The summed E-state index contributed by atoms with van der Waals surface area (Å²) in [7, 11) is -3.07. The number of rotatable bonds is 4. The third kappa shape index (κ3) is 12.2. The minimum atomic E-state index is -3.07. The second-order valence-electron chi connectivity index (χ2n) is 38.1. The molecule has 0 amide bonds. The van der Waals surface area contributed by atoms with Gasteiger partial charge in [-0.05, 0) is 163 Å². The first-order valence-electron chi connectivity index (χ1n) is 40.5. The van der Waals surface area contributed by atoms with Crippen LogP contribution in [0.25, 0.3) is 179 Å². The lowest BCUT2D eigenvalue weighted by Gasteiger charge is -2.28. The van der Waals surface area contributed by atoms with Crippen LogP contribution in [0.2, 0.25) is 0 Å². The summed E-state index contributed by atoms with van der Waals surface area (Å²) in [5, 5.41) is 11.7. The van der Waals surface area contributed by atoms with Gasteiger partial charge in [0.05, 0.1) is 0 Å². The third-order valence-electron chi connectivity index (χ3n) is 23.9. The molecular weight excluding hydrogens is 1460 g/mol. The summed E-state index contributed by atoms with van der Waals surface area (Å²) in [4.78, 5) is 82.1. The topological polar surface area (TPSA) is 218 Å². The molecule has 117 heavy (non-hydrogen) atoms. The monoisotopic (exact) mass is 1550 g/mol. The van der Waals surface area contributed by atoms with E-state index in [1.54, 1.807) is 0 Å². The first-order chi connectivity index (χ1) is 55.6. The molecule has 16 aromatic rings. The normalized spacial score (nSPS) is 13.2. The minimum absolute atomic E-state index is 0.147. The van der Waals surface area contributed by atoms with Crippen LogP contribution in [0.15, 0.2) is 206 Å². The highest BCUT2D eigenvalue weighted by molar-refractivity contribution is 8.01. The Bertz CT molecular complexity index is 6850. The highest BCUT2D eigenvalue weighted by Gasteiger charge is 2.50.